The van der Waals surface area contributed by atoms with Gasteiger partial charge in [0.05, 0.1) is 0 Å². The Kier molecular flexibility index (Phi) is 2.03. The van der Waals surface area contributed by atoms with Crippen LogP contribution in [0.15, 0.2) is 11.6 Å². The number of carbonyl (C=O) groups excluding carboxylic acids is 1. The average Bonchev–Trinajstić information content (AvgIpc) is 2.58. The Morgan fingerprint density at radius 3 is 2.93 bits per heavy atom. The zero-order valence-corrected chi connectivity index (χ0v) is 8.84. The maximum absolute atomic E-state index is 10.9. The van der Waals surface area contributed by atoms with E-state index in [1.165, 1.54) is 11.3 Å². The lowest BCUT2D eigenvalue weighted by atomic mass is 10.2. The lowest BCUT2D eigenvalue weighted by molar-refractivity contribution is 0.0996. The highest BCUT2D eigenvalue weighted by Crippen LogP contribution is 2.22. The molecule has 0 aliphatic heterocycles. The first-order valence-electron chi connectivity index (χ1n) is 4.36. The summed E-state index contributed by atoms with van der Waals surface area (Å²) in [5.74, 6) is -0.0608. The quantitative estimate of drug-likeness (QED) is 0.817. The van der Waals surface area contributed by atoms with Crippen LogP contribution in [0.25, 0.3) is 4.96 Å². The van der Waals surface area contributed by atoms with E-state index in [2.05, 4.69) is 24.2 Å². The van der Waals surface area contributed by atoms with Crippen molar-refractivity contribution in [2.75, 3.05) is 0 Å². The van der Waals surface area contributed by atoms with Crippen molar-refractivity contribution in [3.05, 3.63) is 23.0 Å². The van der Waals surface area contributed by atoms with Crippen LogP contribution in [0.5, 0.6) is 0 Å². The molecule has 2 aromatic heterocycles. The van der Waals surface area contributed by atoms with Crippen molar-refractivity contribution >= 4 is 22.2 Å². The van der Waals surface area contributed by atoms with E-state index in [9.17, 15) is 4.79 Å². The standard InChI is InChI=1S/C9H11N3OS/c1-5(2)7-4-14-9-11-6(8(10)13)3-12(7)9/h3-5H,1-2H3,(H2,10,13). The third-order valence-corrected chi connectivity index (χ3v) is 2.94. The molecule has 0 saturated heterocycles. The molecule has 14 heavy (non-hydrogen) atoms. The minimum Gasteiger partial charge on any atom is -0.364 e. The molecule has 2 aromatic rings. The van der Waals surface area contributed by atoms with E-state index in [4.69, 9.17) is 5.73 Å². The van der Waals surface area contributed by atoms with Gasteiger partial charge in [0.25, 0.3) is 5.91 Å². The molecule has 2 N–H and O–H groups in total. The summed E-state index contributed by atoms with van der Waals surface area (Å²) < 4.78 is 1.93. The molecule has 2 heterocycles. The molecule has 0 bridgehead atoms. The third kappa shape index (κ3) is 1.29. The summed E-state index contributed by atoms with van der Waals surface area (Å²) in [7, 11) is 0. The minimum absolute atomic E-state index is 0.332. The second-order valence-electron chi connectivity index (χ2n) is 3.46. The van der Waals surface area contributed by atoms with Crippen LogP contribution in [0.3, 0.4) is 0 Å². The summed E-state index contributed by atoms with van der Waals surface area (Å²) in [6.07, 6.45) is 1.70. The summed E-state index contributed by atoms with van der Waals surface area (Å²) in [6.45, 7) is 4.21. The van der Waals surface area contributed by atoms with Gasteiger partial charge in [-0.15, -0.1) is 11.3 Å². The molecule has 4 nitrogen and oxygen atoms in total. The van der Waals surface area contributed by atoms with Crippen LogP contribution in [0.4, 0.5) is 0 Å². The molecule has 0 saturated carbocycles. The Morgan fingerprint density at radius 1 is 1.64 bits per heavy atom. The number of nitrogens with two attached hydrogens (primary N) is 1. The van der Waals surface area contributed by atoms with Gasteiger partial charge in [-0.3, -0.25) is 9.20 Å². The van der Waals surface area contributed by atoms with Gasteiger partial charge in [0.15, 0.2) is 4.96 Å². The molecule has 0 aliphatic carbocycles. The van der Waals surface area contributed by atoms with Crippen LogP contribution in [0.1, 0.15) is 35.9 Å². The highest BCUT2D eigenvalue weighted by molar-refractivity contribution is 7.15. The number of imidazole rings is 1. The Bertz CT molecular complexity index is 483. The van der Waals surface area contributed by atoms with Crippen LogP contribution in [0.2, 0.25) is 0 Å². The normalized spacial score (nSPS) is 11.4. The summed E-state index contributed by atoms with van der Waals surface area (Å²) in [5, 5.41) is 2.05. The van der Waals surface area contributed by atoms with E-state index in [-0.39, 0.29) is 0 Å². The predicted molar refractivity (Wildman–Crippen MR) is 55.7 cm³/mol. The molecule has 0 unspecified atom stereocenters. The molecule has 0 radical (unpaired) electrons. The molecule has 0 atom stereocenters. The number of hydrogen-bond acceptors (Lipinski definition) is 3. The van der Waals surface area contributed by atoms with Crippen LogP contribution >= 0.6 is 11.3 Å². The number of primary amides is 1. The van der Waals surface area contributed by atoms with Crippen LogP contribution in [0, 0.1) is 0 Å². The first-order chi connectivity index (χ1) is 6.59. The fourth-order valence-electron chi connectivity index (χ4n) is 1.33. The lowest BCUT2D eigenvalue weighted by Gasteiger charge is -2.00. The minimum atomic E-state index is -0.476. The van der Waals surface area contributed by atoms with Gasteiger partial charge in [0.2, 0.25) is 0 Å². The number of rotatable bonds is 2. The zero-order chi connectivity index (χ0) is 10.3. The number of amides is 1. The Balaban J connectivity index is 2.61. The van der Waals surface area contributed by atoms with E-state index < -0.39 is 5.91 Å². The van der Waals surface area contributed by atoms with Crippen molar-refractivity contribution in [1.29, 1.82) is 0 Å². The maximum Gasteiger partial charge on any atom is 0.268 e. The summed E-state index contributed by atoms with van der Waals surface area (Å²) >= 11 is 1.52. The number of aromatic nitrogens is 2. The Labute approximate surface area is 85.4 Å². The SMILES string of the molecule is CC(C)c1csc2nc(C(N)=O)cn12. The van der Waals surface area contributed by atoms with Crippen molar-refractivity contribution < 1.29 is 4.79 Å². The molecule has 74 valence electrons. The number of carbonyl (C=O) groups is 1. The maximum atomic E-state index is 10.9. The molecule has 0 aliphatic rings. The first kappa shape index (κ1) is 9.21. The van der Waals surface area contributed by atoms with Gasteiger partial charge in [-0.2, -0.15) is 0 Å². The lowest BCUT2D eigenvalue weighted by Crippen LogP contribution is -2.11. The summed E-state index contributed by atoms with van der Waals surface area (Å²) in [6, 6.07) is 0. The van der Waals surface area contributed by atoms with E-state index in [1.54, 1.807) is 6.20 Å². The molecule has 0 spiro atoms. The summed E-state index contributed by atoms with van der Waals surface area (Å²) in [5.41, 5.74) is 6.64. The molecule has 2 rings (SSSR count). The van der Waals surface area contributed by atoms with Crippen molar-refractivity contribution in [3.63, 3.8) is 0 Å². The second-order valence-corrected chi connectivity index (χ2v) is 4.29. The topological polar surface area (TPSA) is 60.4 Å². The number of hydrogen-bond donors (Lipinski definition) is 1. The summed E-state index contributed by atoms with van der Waals surface area (Å²) in [4.78, 5) is 15.8. The second kappa shape index (κ2) is 3.09. The van der Waals surface area contributed by atoms with Gasteiger partial charge in [0, 0.05) is 17.3 Å². The molecule has 0 fully saturated rings. The average molecular weight is 209 g/mol. The molecule has 5 heteroatoms. The van der Waals surface area contributed by atoms with Crippen LogP contribution < -0.4 is 5.73 Å². The molecule has 1 amide bonds. The van der Waals surface area contributed by atoms with Gasteiger partial charge in [-0.25, -0.2) is 4.98 Å². The van der Waals surface area contributed by atoms with E-state index >= 15 is 0 Å². The van der Waals surface area contributed by atoms with Crippen molar-refractivity contribution in [1.82, 2.24) is 9.38 Å². The smallest absolute Gasteiger partial charge is 0.268 e. The molecule has 0 aromatic carbocycles. The van der Waals surface area contributed by atoms with E-state index in [0.717, 1.165) is 10.7 Å². The monoisotopic (exact) mass is 209 g/mol. The third-order valence-electron chi connectivity index (χ3n) is 2.08. The molecular formula is C9H11N3OS. The van der Waals surface area contributed by atoms with Gasteiger partial charge in [-0.1, -0.05) is 13.8 Å². The van der Waals surface area contributed by atoms with Gasteiger partial charge >= 0.3 is 0 Å². The van der Waals surface area contributed by atoms with E-state index in [0.29, 0.717) is 11.6 Å². The van der Waals surface area contributed by atoms with Crippen LogP contribution in [-0.2, 0) is 0 Å². The van der Waals surface area contributed by atoms with Gasteiger partial charge in [-0.05, 0) is 5.92 Å². The van der Waals surface area contributed by atoms with Crippen molar-refractivity contribution in [2.45, 2.75) is 19.8 Å². The highest BCUT2D eigenvalue weighted by Gasteiger charge is 2.12. The highest BCUT2D eigenvalue weighted by atomic mass is 32.1. The van der Waals surface area contributed by atoms with Gasteiger partial charge < -0.3 is 5.73 Å². The van der Waals surface area contributed by atoms with Crippen molar-refractivity contribution in [3.8, 4) is 0 Å². The fraction of sp³-hybridized carbons (Fsp3) is 0.333. The molecular weight excluding hydrogens is 198 g/mol. The number of thiazole rings is 1. The van der Waals surface area contributed by atoms with Crippen molar-refractivity contribution in [2.24, 2.45) is 5.73 Å². The van der Waals surface area contributed by atoms with Gasteiger partial charge in [0.1, 0.15) is 5.69 Å². The van der Waals surface area contributed by atoms with E-state index in [1.807, 2.05) is 4.40 Å². The predicted octanol–water partition coefficient (Wildman–Crippen LogP) is 1.62. The fourth-order valence-corrected chi connectivity index (χ4v) is 2.37. The zero-order valence-electron chi connectivity index (χ0n) is 8.02. The first-order valence-corrected chi connectivity index (χ1v) is 5.24. The van der Waals surface area contributed by atoms with Crippen LogP contribution in [-0.4, -0.2) is 15.3 Å². The largest absolute Gasteiger partial charge is 0.364 e. The Hall–Kier alpha value is -1.36. The number of nitrogens with zero attached hydrogens (tertiary/aromatic N) is 2. The Morgan fingerprint density at radius 2 is 2.36 bits per heavy atom. The number of fused-ring (bicyclic) bond motifs is 1.